The third-order valence-corrected chi connectivity index (χ3v) is 3.69. The second-order valence-corrected chi connectivity index (χ2v) is 4.70. The maximum atomic E-state index is 12.1. The summed E-state index contributed by atoms with van der Waals surface area (Å²) < 4.78 is 0. The number of aliphatic imine (C=N–C) groups is 1. The van der Waals surface area contributed by atoms with Crippen LogP contribution in [0, 0.1) is 0 Å². The van der Waals surface area contributed by atoms with Gasteiger partial charge in [-0.25, -0.2) is 4.99 Å². The molecule has 2 nitrogen and oxygen atoms in total. The van der Waals surface area contributed by atoms with Crippen molar-refractivity contribution in [3.8, 4) is 0 Å². The molecule has 0 aromatic heterocycles. The van der Waals surface area contributed by atoms with Gasteiger partial charge in [-0.05, 0) is 27.1 Å². The molecule has 1 heterocycles. The number of hydrogen-bond donors (Lipinski definition) is 0. The van der Waals surface area contributed by atoms with Gasteiger partial charge in [0, 0.05) is 6.42 Å². The van der Waals surface area contributed by atoms with E-state index in [4.69, 9.17) is 0 Å². The standard InChI is InChI=1S/C17H10NO/c19-17-16-14-8-4-3-6-12(14)11-5-1-2-7-13(11)15(16)9-10-18-17/h1-8H,9H2. The minimum Gasteiger partial charge on any atom is -0.267 e. The molecule has 0 saturated carbocycles. The van der Waals surface area contributed by atoms with E-state index in [1.165, 1.54) is 5.39 Å². The van der Waals surface area contributed by atoms with Gasteiger partial charge in [0.1, 0.15) is 0 Å². The monoisotopic (exact) mass is 244 g/mol. The topological polar surface area (TPSA) is 29.4 Å². The summed E-state index contributed by atoms with van der Waals surface area (Å²) in [5.41, 5.74) is 1.79. The number of fused-ring (bicyclic) bond motifs is 6. The van der Waals surface area contributed by atoms with Crippen molar-refractivity contribution in [1.29, 1.82) is 0 Å². The fourth-order valence-electron chi connectivity index (χ4n) is 2.89. The van der Waals surface area contributed by atoms with Crippen molar-refractivity contribution < 1.29 is 4.79 Å². The van der Waals surface area contributed by atoms with E-state index in [0.29, 0.717) is 6.42 Å². The van der Waals surface area contributed by atoms with Gasteiger partial charge in [-0.1, -0.05) is 48.5 Å². The van der Waals surface area contributed by atoms with E-state index < -0.39 is 0 Å². The molecule has 4 rings (SSSR count). The van der Waals surface area contributed by atoms with Crippen LogP contribution < -0.4 is 0 Å². The average Bonchev–Trinajstić information content (AvgIpc) is 2.47. The number of carbonyl (C=O) groups is 1. The van der Waals surface area contributed by atoms with Crippen molar-refractivity contribution in [2.45, 2.75) is 6.42 Å². The largest absolute Gasteiger partial charge is 0.278 e. The van der Waals surface area contributed by atoms with Crippen molar-refractivity contribution in [2.24, 2.45) is 4.99 Å². The lowest BCUT2D eigenvalue weighted by molar-refractivity contribution is 0.100. The van der Waals surface area contributed by atoms with Crippen LogP contribution >= 0.6 is 0 Å². The quantitative estimate of drug-likeness (QED) is 0.555. The first kappa shape index (κ1) is 10.4. The van der Waals surface area contributed by atoms with Gasteiger partial charge in [0.15, 0.2) is 0 Å². The molecule has 0 spiro atoms. The van der Waals surface area contributed by atoms with Crippen LogP contribution in [0.2, 0.25) is 0 Å². The molecule has 0 aliphatic carbocycles. The number of benzene rings is 3. The fourth-order valence-corrected chi connectivity index (χ4v) is 2.89. The summed E-state index contributed by atoms with van der Waals surface area (Å²) in [6.45, 7) is 0. The molecule has 0 unspecified atom stereocenters. The Balaban J connectivity index is 2.33. The second-order valence-electron chi connectivity index (χ2n) is 4.70. The number of amides is 1. The zero-order chi connectivity index (χ0) is 12.8. The Hall–Kier alpha value is -2.48. The van der Waals surface area contributed by atoms with Crippen LogP contribution in [0.15, 0.2) is 53.5 Å². The number of rotatable bonds is 0. The first-order valence-electron chi connectivity index (χ1n) is 6.26. The SMILES string of the molecule is O=C1N=[C]Cc2c1c1ccccc1c1ccccc21. The summed E-state index contributed by atoms with van der Waals surface area (Å²) in [6, 6.07) is 16.2. The normalized spacial score (nSPS) is 14.0. The van der Waals surface area contributed by atoms with Gasteiger partial charge in [-0.2, -0.15) is 0 Å². The Labute approximate surface area is 110 Å². The molecule has 0 atom stereocenters. The summed E-state index contributed by atoms with van der Waals surface area (Å²) in [5.74, 6) is -0.178. The lowest BCUT2D eigenvalue weighted by Crippen LogP contribution is -2.10. The zero-order valence-corrected chi connectivity index (χ0v) is 10.2. The van der Waals surface area contributed by atoms with Crippen LogP contribution in [-0.4, -0.2) is 12.1 Å². The van der Waals surface area contributed by atoms with Crippen molar-refractivity contribution in [2.75, 3.05) is 0 Å². The van der Waals surface area contributed by atoms with Crippen LogP contribution in [0.25, 0.3) is 21.5 Å². The number of hydrogen-bond acceptors (Lipinski definition) is 1. The Morgan fingerprint density at radius 3 is 2.16 bits per heavy atom. The van der Waals surface area contributed by atoms with Gasteiger partial charge in [-0.15, -0.1) is 0 Å². The summed E-state index contributed by atoms with van der Waals surface area (Å²) in [6.07, 6.45) is 3.43. The van der Waals surface area contributed by atoms with Crippen LogP contribution in [-0.2, 0) is 6.42 Å². The molecule has 19 heavy (non-hydrogen) atoms. The van der Waals surface area contributed by atoms with Crippen molar-refractivity contribution in [1.82, 2.24) is 0 Å². The lowest BCUT2D eigenvalue weighted by Gasteiger charge is -2.16. The molecule has 1 radical (unpaired) electrons. The van der Waals surface area contributed by atoms with E-state index >= 15 is 0 Å². The Bertz CT molecular complexity index is 862. The van der Waals surface area contributed by atoms with E-state index in [1.807, 2.05) is 30.3 Å². The van der Waals surface area contributed by atoms with Gasteiger partial charge < -0.3 is 0 Å². The highest BCUT2D eigenvalue weighted by Gasteiger charge is 2.21. The van der Waals surface area contributed by atoms with E-state index in [9.17, 15) is 4.79 Å². The van der Waals surface area contributed by atoms with Crippen molar-refractivity contribution in [3.05, 3.63) is 59.7 Å². The highest BCUT2D eigenvalue weighted by molar-refractivity contribution is 6.21. The van der Waals surface area contributed by atoms with Crippen molar-refractivity contribution >= 4 is 33.7 Å². The smallest absolute Gasteiger partial charge is 0.267 e. The highest BCUT2D eigenvalue weighted by Crippen LogP contribution is 2.34. The average molecular weight is 244 g/mol. The molecule has 89 valence electrons. The predicted molar refractivity (Wildman–Crippen MR) is 76.9 cm³/mol. The first-order chi connectivity index (χ1) is 9.36. The van der Waals surface area contributed by atoms with Crippen molar-refractivity contribution in [3.63, 3.8) is 0 Å². The third-order valence-electron chi connectivity index (χ3n) is 3.69. The van der Waals surface area contributed by atoms with Gasteiger partial charge in [-0.3, -0.25) is 4.79 Å². The van der Waals surface area contributed by atoms with E-state index in [1.54, 1.807) is 0 Å². The van der Waals surface area contributed by atoms with Gasteiger partial charge >= 0.3 is 0 Å². The molecule has 0 fully saturated rings. The predicted octanol–water partition coefficient (Wildman–Crippen LogP) is 3.64. The van der Waals surface area contributed by atoms with E-state index in [2.05, 4.69) is 29.4 Å². The summed E-state index contributed by atoms with van der Waals surface area (Å²) >= 11 is 0. The van der Waals surface area contributed by atoms with Gasteiger partial charge in [0.2, 0.25) is 0 Å². The van der Waals surface area contributed by atoms with Crippen LogP contribution in [0.3, 0.4) is 0 Å². The molecular weight excluding hydrogens is 234 g/mol. The van der Waals surface area contributed by atoms with Gasteiger partial charge in [0.25, 0.3) is 5.91 Å². The van der Waals surface area contributed by atoms with E-state index in [-0.39, 0.29) is 5.91 Å². The summed E-state index contributed by atoms with van der Waals surface area (Å²) in [5, 5.41) is 4.43. The minimum absolute atomic E-state index is 0.178. The molecule has 1 amide bonds. The molecule has 3 aromatic rings. The maximum absolute atomic E-state index is 12.1. The maximum Gasteiger partial charge on any atom is 0.278 e. The zero-order valence-electron chi connectivity index (χ0n) is 10.2. The molecule has 3 aromatic carbocycles. The van der Waals surface area contributed by atoms with Crippen LogP contribution in [0.5, 0.6) is 0 Å². The third kappa shape index (κ3) is 1.37. The highest BCUT2D eigenvalue weighted by atomic mass is 16.1. The van der Waals surface area contributed by atoms with Gasteiger partial charge in [0.05, 0.1) is 11.8 Å². The lowest BCUT2D eigenvalue weighted by atomic mass is 9.89. The second kappa shape index (κ2) is 3.75. The summed E-state index contributed by atoms with van der Waals surface area (Å²) in [7, 11) is 0. The first-order valence-corrected chi connectivity index (χ1v) is 6.26. The fraction of sp³-hybridized carbons (Fsp3) is 0.0588. The molecule has 0 saturated heterocycles. The van der Waals surface area contributed by atoms with Crippen LogP contribution in [0.4, 0.5) is 0 Å². The minimum atomic E-state index is -0.178. The molecule has 0 N–H and O–H groups in total. The Kier molecular flexibility index (Phi) is 2.06. The molecule has 2 heteroatoms. The molecule has 0 bridgehead atoms. The summed E-state index contributed by atoms with van der Waals surface area (Å²) in [4.78, 5) is 16.0. The number of nitrogens with zero attached hydrogens (tertiary/aromatic N) is 1. The van der Waals surface area contributed by atoms with E-state index in [0.717, 1.165) is 27.3 Å². The van der Waals surface area contributed by atoms with Crippen LogP contribution in [0.1, 0.15) is 15.9 Å². The Morgan fingerprint density at radius 1 is 0.842 bits per heavy atom. The Morgan fingerprint density at radius 2 is 1.42 bits per heavy atom. The number of carbonyl (C=O) groups excluding carboxylic acids is 1. The molecule has 1 aliphatic heterocycles. The molecular formula is C17H10NO. The molecule has 1 aliphatic rings.